The van der Waals surface area contributed by atoms with Crippen LogP contribution in [0.3, 0.4) is 0 Å². The standard InChI is InChI=1S/C18H22N4O2/c1-24-15-4-2-14(3-5-15)22-9-7-19-17(22)12-21-8-6-13-10-18(23)20-16(13)11-21/h2-5,7,9,13,16H,6,8,10-12H2,1H3,(H,20,23)/t13-,16-/m1/s1. The molecule has 126 valence electrons. The molecule has 2 aromatic rings. The van der Waals surface area contributed by atoms with Crippen LogP contribution in [0, 0.1) is 5.92 Å². The van der Waals surface area contributed by atoms with E-state index in [0.717, 1.165) is 43.3 Å². The molecule has 1 N–H and O–H groups in total. The van der Waals surface area contributed by atoms with E-state index in [1.54, 1.807) is 7.11 Å². The number of rotatable bonds is 4. The van der Waals surface area contributed by atoms with Gasteiger partial charge in [0.05, 0.1) is 13.7 Å². The molecule has 2 saturated heterocycles. The number of carbonyl (C=O) groups excluding carboxylic acids is 1. The van der Waals surface area contributed by atoms with Crippen LogP contribution in [0.1, 0.15) is 18.7 Å². The first kappa shape index (κ1) is 15.2. The van der Waals surface area contributed by atoms with Crippen molar-refractivity contribution in [2.45, 2.75) is 25.4 Å². The van der Waals surface area contributed by atoms with E-state index < -0.39 is 0 Å². The van der Waals surface area contributed by atoms with Crippen molar-refractivity contribution in [2.75, 3.05) is 20.2 Å². The Morgan fingerprint density at radius 2 is 2.17 bits per heavy atom. The number of benzene rings is 1. The van der Waals surface area contributed by atoms with Crippen LogP contribution in [0.4, 0.5) is 0 Å². The Kier molecular flexibility index (Phi) is 3.98. The molecule has 0 radical (unpaired) electrons. The normalized spacial score (nSPS) is 23.8. The number of aromatic nitrogens is 2. The van der Waals surface area contributed by atoms with Gasteiger partial charge in [-0.1, -0.05) is 0 Å². The van der Waals surface area contributed by atoms with Crippen molar-refractivity contribution < 1.29 is 9.53 Å². The highest BCUT2D eigenvalue weighted by Crippen LogP contribution is 2.27. The Bertz CT molecular complexity index is 725. The van der Waals surface area contributed by atoms with Gasteiger partial charge in [-0.15, -0.1) is 0 Å². The monoisotopic (exact) mass is 326 g/mol. The van der Waals surface area contributed by atoms with Gasteiger partial charge in [0.2, 0.25) is 5.91 Å². The maximum absolute atomic E-state index is 11.6. The van der Waals surface area contributed by atoms with Gasteiger partial charge in [0.15, 0.2) is 0 Å². The molecule has 6 nitrogen and oxygen atoms in total. The van der Waals surface area contributed by atoms with Crippen molar-refractivity contribution >= 4 is 5.91 Å². The van der Waals surface area contributed by atoms with Crippen molar-refractivity contribution in [1.82, 2.24) is 19.8 Å². The summed E-state index contributed by atoms with van der Waals surface area (Å²) in [5.41, 5.74) is 1.08. The van der Waals surface area contributed by atoms with Crippen LogP contribution in [0.15, 0.2) is 36.7 Å². The number of ether oxygens (including phenoxy) is 1. The Morgan fingerprint density at radius 1 is 1.33 bits per heavy atom. The van der Waals surface area contributed by atoms with Crippen molar-refractivity contribution in [3.05, 3.63) is 42.5 Å². The summed E-state index contributed by atoms with van der Waals surface area (Å²) in [5, 5.41) is 3.10. The molecule has 2 atom stereocenters. The molecule has 3 heterocycles. The molecule has 0 unspecified atom stereocenters. The highest BCUT2D eigenvalue weighted by Gasteiger charge is 2.36. The molecule has 6 heteroatoms. The summed E-state index contributed by atoms with van der Waals surface area (Å²) in [7, 11) is 1.67. The highest BCUT2D eigenvalue weighted by molar-refractivity contribution is 5.79. The van der Waals surface area contributed by atoms with E-state index in [2.05, 4.69) is 19.8 Å². The molecule has 2 aliphatic rings. The Labute approximate surface area is 141 Å². The van der Waals surface area contributed by atoms with Crippen molar-refractivity contribution in [3.8, 4) is 11.4 Å². The third-order valence-electron chi connectivity index (χ3n) is 5.07. The highest BCUT2D eigenvalue weighted by atomic mass is 16.5. The topological polar surface area (TPSA) is 59.4 Å². The average Bonchev–Trinajstić information content (AvgIpc) is 3.20. The first-order valence-corrected chi connectivity index (χ1v) is 8.41. The number of piperidine rings is 1. The van der Waals surface area contributed by atoms with Crippen LogP contribution in [0.25, 0.3) is 5.69 Å². The number of amides is 1. The van der Waals surface area contributed by atoms with E-state index in [4.69, 9.17) is 4.74 Å². The fourth-order valence-corrected chi connectivity index (χ4v) is 3.75. The van der Waals surface area contributed by atoms with Crippen LogP contribution in [0.5, 0.6) is 5.75 Å². The predicted octanol–water partition coefficient (Wildman–Crippen LogP) is 1.59. The van der Waals surface area contributed by atoms with E-state index in [1.807, 2.05) is 36.7 Å². The number of carbonyl (C=O) groups is 1. The maximum atomic E-state index is 11.6. The zero-order valence-corrected chi connectivity index (χ0v) is 13.8. The molecular weight excluding hydrogens is 304 g/mol. The minimum Gasteiger partial charge on any atom is -0.497 e. The van der Waals surface area contributed by atoms with Crippen LogP contribution < -0.4 is 10.1 Å². The molecule has 1 aromatic heterocycles. The zero-order chi connectivity index (χ0) is 16.5. The first-order chi connectivity index (χ1) is 11.7. The largest absolute Gasteiger partial charge is 0.497 e. The number of nitrogens with one attached hydrogen (secondary N) is 1. The van der Waals surface area contributed by atoms with E-state index in [1.165, 1.54) is 0 Å². The number of imidazole rings is 1. The second-order valence-electron chi connectivity index (χ2n) is 6.57. The molecule has 0 saturated carbocycles. The van der Waals surface area contributed by atoms with Crippen LogP contribution >= 0.6 is 0 Å². The van der Waals surface area contributed by atoms with E-state index >= 15 is 0 Å². The second-order valence-corrected chi connectivity index (χ2v) is 6.57. The van der Waals surface area contributed by atoms with Gasteiger partial charge >= 0.3 is 0 Å². The van der Waals surface area contributed by atoms with Gasteiger partial charge in [0, 0.05) is 37.1 Å². The molecule has 1 aromatic carbocycles. The lowest BCUT2D eigenvalue weighted by atomic mass is 9.92. The Morgan fingerprint density at radius 3 is 2.96 bits per heavy atom. The number of hydrogen-bond acceptors (Lipinski definition) is 4. The lowest BCUT2D eigenvalue weighted by molar-refractivity contribution is -0.119. The van der Waals surface area contributed by atoms with Gasteiger partial charge in [-0.3, -0.25) is 9.69 Å². The van der Waals surface area contributed by atoms with Gasteiger partial charge < -0.3 is 14.6 Å². The predicted molar refractivity (Wildman–Crippen MR) is 90.0 cm³/mol. The second kappa shape index (κ2) is 6.28. The fourth-order valence-electron chi connectivity index (χ4n) is 3.75. The number of hydrogen-bond donors (Lipinski definition) is 1. The van der Waals surface area contributed by atoms with E-state index in [-0.39, 0.29) is 5.91 Å². The number of fused-ring (bicyclic) bond motifs is 1. The third-order valence-corrected chi connectivity index (χ3v) is 5.07. The summed E-state index contributed by atoms with van der Waals surface area (Å²) >= 11 is 0. The van der Waals surface area contributed by atoms with Crippen molar-refractivity contribution in [2.24, 2.45) is 5.92 Å². The summed E-state index contributed by atoms with van der Waals surface area (Å²) < 4.78 is 7.33. The molecule has 0 aliphatic carbocycles. The molecule has 4 rings (SSSR count). The number of likely N-dealkylation sites (tertiary alicyclic amines) is 1. The van der Waals surface area contributed by atoms with Crippen molar-refractivity contribution in [1.29, 1.82) is 0 Å². The first-order valence-electron chi connectivity index (χ1n) is 8.41. The number of methoxy groups -OCH3 is 1. The van der Waals surface area contributed by atoms with E-state index in [9.17, 15) is 4.79 Å². The minimum atomic E-state index is 0.201. The molecule has 1 amide bonds. The zero-order valence-electron chi connectivity index (χ0n) is 13.8. The number of nitrogens with zero attached hydrogens (tertiary/aromatic N) is 3. The fraction of sp³-hybridized carbons (Fsp3) is 0.444. The summed E-state index contributed by atoms with van der Waals surface area (Å²) in [4.78, 5) is 18.5. The molecule has 0 spiro atoms. The van der Waals surface area contributed by atoms with E-state index in [0.29, 0.717) is 18.4 Å². The maximum Gasteiger partial charge on any atom is 0.220 e. The molecular formula is C18H22N4O2. The smallest absolute Gasteiger partial charge is 0.220 e. The Balaban J connectivity index is 1.48. The van der Waals surface area contributed by atoms with Gasteiger partial charge in [-0.2, -0.15) is 0 Å². The van der Waals surface area contributed by atoms with Crippen LogP contribution in [-0.2, 0) is 11.3 Å². The average molecular weight is 326 g/mol. The molecule has 24 heavy (non-hydrogen) atoms. The summed E-state index contributed by atoms with van der Waals surface area (Å²) in [6.45, 7) is 2.72. The van der Waals surface area contributed by atoms with Crippen LogP contribution in [0.2, 0.25) is 0 Å². The quantitative estimate of drug-likeness (QED) is 0.927. The van der Waals surface area contributed by atoms with Gasteiger partial charge in [-0.05, 0) is 43.1 Å². The lowest BCUT2D eigenvalue weighted by Crippen LogP contribution is -2.46. The lowest BCUT2D eigenvalue weighted by Gasteiger charge is -2.34. The van der Waals surface area contributed by atoms with Gasteiger partial charge in [-0.25, -0.2) is 4.98 Å². The van der Waals surface area contributed by atoms with Gasteiger partial charge in [0.1, 0.15) is 11.6 Å². The van der Waals surface area contributed by atoms with Crippen molar-refractivity contribution in [3.63, 3.8) is 0 Å². The summed E-state index contributed by atoms with van der Waals surface area (Å²) in [5.74, 6) is 2.57. The SMILES string of the molecule is COc1ccc(-n2ccnc2CN2CC[C@@H]3CC(=O)N[C@@H]3C2)cc1. The molecule has 0 bridgehead atoms. The van der Waals surface area contributed by atoms with Crippen LogP contribution in [-0.4, -0.2) is 46.6 Å². The van der Waals surface area contributed by atoms with Gasteiger partial charge in [0.25, 0.3) is 0 Å². The minimum absolute atomic E-state index is 0.201. The summed E-state index contributed by atoms with van der Waals surface area (Å²) in [6, 6.07) is 8.29. The molecule has 2 fully saturated rings. The third kappa shape index (κ3) is 2.89. The Hall–Kier alpha value is -2.34. The molecule has 2 aliphatic heterocycles. The summed E-state index contributed by atoms with van der Waals surface area (Å²) in [6.07, 6.45) is 5.59.